The van der Waals surface area contributed by atoms with Gasteiger partial charge in [0.15, 0.2) is 0 Å². The molecule has 0 aliphatic carbocycles. The number of nitro groups is 1. The van der Waals surface area contributed by atoms with Crippen LogP contribution in [0.15, 0.2) is 72.4 Å². The number of thioether (sulfide) groups is 1. The van der Waals surface area contributed by atoms with Gasteiger partial charge >= 0.3 is 0 Å². The summed E-state index contributed by atoms with van der Waals surface area (Å²) in [4.78, 5) is 14.3. The van der Waals surface area contributed by atoms with E-state index in [2.05, 4.69) is 11.6 Å². The number of hydrogen-bond donors (Lipinski definition) is 1. The average molecular weight is 384 g/mol. The van der Waals surface area contributed by atoms with Crippen LogP contribution in [0.5, 0.6) is 0 Å². The van der Waals surface area contributed by atoms with Gasteiger partial charge in [-0.05, 0) is 35.8 Å². The Kier molecular flexibility index (Phi) is 10.4. The van der Waals surface area contributed by atoms with Crippen molar-refractivity contribution in [3.05, 3.63) is 88.1 Å². The highest BCUT2D eigenvalue weighted by atomic mass is 32.2. The van der Waals surface area contributed by atoms with Crippen LogP contribution in [0.3, 0.4) is 0 Å². The first-order valence-corrected chi connectivity index (χ1v) is 9.54. The van der Waals surface area contributed by atoms with Crippen LogP contribution in [0.1, 0.15) is 32.3 Å². The Morgan fingerprint density at radius 1 is 1.37 bits per heavy atom. The van der Waals surface area contributed by atoms with Gasteiger partial charge in [-0.2, -0.15) is 0 Å². The van der Waals surface area contributed by atoms with E-state index in [1.54, 1.807) is 24.5 Å². The van der Waals surface area contributed by atoms with E-state index in [1.807, 2.05) is 49.6 Å². The van der Waals surface area contributed by atoms with Crippen molar-refractivity contribution < 1.29 is 4.92 Å². The van der Waals surface area contributed by atoms with Crippen molar-refractivity contribution in [2.24, 2.45) is 0 Å². The maximum Gasteiger partial charge on any atom is 0.222 e. The summed E-state index contributed by atoms with van der Waals surface area (Å²) in [5.41, 5.74) is 1.71. The maximum atomic E-state index is 10.5. The molecule has 2 aromatic rings. The quantitative estimate of drug-likeness (QED) is 0.159. The van der Waals surface area contributed by atoms with Gasteiger partial charge in [0, 0.05) is 28.3 Å². The molecule has 0 aliphatic heterocycles. The van der Waals surface area contributed by atoms with E-state index in [4.69, 9.17) is 5.41 Å². The van der Waals surface area contributed by atoms with E-state index in [-0.39, 0.29) is 11.5 Å². The van der Waals surface area contributed by atoms with Gasteiger partial charge in [0.1, 0.15) is 5.04 Å². The summed E-state index contributed by atoms with van der Waals surface area (Å²) in [7, 11) is 0. The Bertz CT molecular complexity index is 839. The van der Waals surface area contributed by atoms with Gasteiger partial charge in [-0.15, -0.1) is 6.58 Å². The summed E-state index contributed by atoms with van der Waals surface area (Å²) >= 11 is 1.28. The highest BCUT2D eigenvalue weighted by Gasteiger charge is 2.06. The first kappa shape index (κ1) is 22.3. The van der Waals surface area contributed by atoms with Crippen LogP contribution >= 0.6 is 11.8 Å². The molecule has 0 aliphatic rings. The minimum absolute atomic E-state index is 0.172. The second kappa shape index (κ2) is 12.6. The average Bonchev–Trinajstić information content (AvgIpc) is 2.66. The minimum Gasteiger partial charge on any atom is -0.293 e. The monoisotopic (exact) mass is 383 g/mol. The normalized spacial score (nSPS) is 11.1. The fraction of sp³-hybridized carbons (Fsp3) is 0.238. The predicted octanol–water partition coefficient (Wildman–Crippen LogP) is 6.00. The number of nitrogens with one attached hydrogen (secondary N) is 1. The zero-order chi connectivity index (χ0) is 20.1. The van der Waals surface area contributed by atoms with Crippen molar-refractivity contribution in [1.82, 2.24) is 4.98 Å². The van der Waals surface area contributed by atoms with Crippen LogP contribution in [0.25, 0.3) is 10.8 Å². The molecule has 0 fully saturated rings. The second-order valence-corrected chi connectivity index (χ2v) is 6.53. The van der Waals surface area contributed by atoms with Crippen molar-refractivity contribution in [2.45, 2.75) is 26.7 Å². The second-order valence-electron chi connectivity index (χ2n) is 5.61. The van der Waals surface area contributed by atoms with Gasteiger partial charge in [0.25, 0.3) is 0 Å². The van der Waals surface area contributed by atoms with E-state index < -0.39 is 0 Å². The zero-order valence-corrected chi connectivity index (χ0v) is 16.5. The van der Waals surface area contributed by atoms with E-state index >= 15 is 0 Å². The van der Waals surface area contributed by atoms with Gasteiger partial charge in [0.2, 0.25) is 6.54 Å². The summed E-state index contributed by atoms with van der Waals surface area (Å²) in [6, 6.07) is 7.84. The number of pyridine rings is 1. The highest BCUT2D eigenvalue weighted by molar-refractivity contribution is 8.16. The molecule has 5 nitrogen and oxygen atoms in total. The molecule has 2 rings (SSSR count). The number of hydrogen-bond acceptors (Lipinski definition) is 5. The molecule has 0 amide bonds. The first-order chi connectivity index (χ1) is 13.0. The van der Waals surface area contributed by atoms with Gasteiger partial charge in [0.05, 0.1) is 0 Å². The van der Waals surface area contributed by atoms with Crippen molar-refractivity contribution in [3.63, 3.8) is 0 Å². The number of fused-ring (bicyclic) bond motifs is 1. The Labute approximate surface area is 164 Å². The summed E-state index contributed by atoms with van der Waals surface area (Å²) in [6.07, 6.45) is 10.4. The summed E-state index contributed by atoms with van der Waals surface area (Å²) in [5.74, 6) is 0. The van der Waals surface area contributed by atoms with Crippen LogP contribution in [0.4, 0.5) is 0 Å². The van der Waals surface area contributed by atoms with E-state index in [0.717, 1.165) is 34.8 Å². The smallest absolute Gasteiger partial charge is 0.222 e. The molecule has 0 unspecified atom stereocenters. The Balaban J connectivity index is 0.00000114. The van der Waals surface area contributed by atoms with Crippen molar-refractivity contribution in [2.75, 3.05) is 6.54 Å². The fourth-order valence-electron chi connectivity index (χ4n) is 2.28. The van der Waals surface area contributed by atoms with Gasteiger partial charge < -0.3 is 0 Å². The number of allylic oxidation sites excluding steroid dienone is 3. The van der Waals surface area contributed by atoms with Crippen molar-refractivity contribution in [3.8, 4) is 0 Å². The van der Waals surface area contributed by atoms with E-state index in [9.17, 15) is 10.1 Å². The Morgan fingerprint density at radius 2 is 2.07 bits per heavy atom. The number of benzene rings is 1. The molecule has 0 radical (unpaired) electrons. The molecular weight excluding hydrogens is 358 g/mol. The SMILES string of the molecule is C=CC.CCCC(/C=C/SC(=N)c1cncc2ccccc12)=C\C[N+](=O)[O-]. The molecule has 0 atom stereocenters. The lowest BCUT2D eigenvalue weighted by molar-refractivity contribution is -0.468. The van der Waals surface area contributed by atoms with Gasteiger partial charge in [-0.25, -0.2) is 0 Å². The molecule has 1 aromatic heterocycles. The summed E-state index contributed by atoms with van der Waals surface area (Å²) in [6.45, 7) is 7.11. The fourth-order valence-corrected chi connectivity index (χ4v) is 2.95. The van der Waals surface area contributed by atoms with Crippen LogP contribution in [-0.4, -0.2) is 21.5 Å². The minimum atomic E-state index is -0.347. The standard InChI is InChI=1S/C18H19N3O2S.C3H6/c1-2-5-14(8-10-21(22)23)9-11-24-18(19)17-13-20-12-15-6-3-4-7-16(15)17;1-3-2/h3-4,6-9,11-13,19H,2,5,10H2,1H3;3H,1H2,2H3/b11-9+,14-8+,19-18?;. The van der Waals surface area contributed by atoms with E-state index in [0.29, 0.717) is 5.04 Å². The van der Waals surface area contributed by atoms with Crippen LogP contribution in [-0.2, 0) is 0 Å². The molecule has 1 N–H and O–H groups in total. The lowest BCUT2D eigenvalue weighted by atomic mass is 10.1. The first-order valence-electron chi connectivity index (χ1n) is 8.66. The summed E-state index contributed by atoms with van der Waals surface area (Å²) < 4.78 is 0. The third-order valence-electron chi connectivity index (χ3n) is 3.42. The van der Waals surface area contributed by atoms with E-state index in [1.165, 1.54) is 11.8 Å². The molecule has 1 aromatic carbocycles. The van der Waals surface area contributed by atoms with Crippen molar-refractivity contribution >= 4 is 27.6 Å². The highest BCUT2D eigenvalue weighted by Crippen LogP contribution is 2.22. The zero-order valence-electron chi connectivity index (χ0n) is 15.7. The largest absolute Gasteiger partial charge is 0.293 e. The predicted molar refractivity (Wildman–Crippen MR) is 116 cm³/mol. The Hall–Kier alpha value is -2.73. The molecule has 27 heavy (non-hydrogen) atoms. The lowest BCUT2D eigenvalue weighted by Gasteiger charge is -2.05. The van der Waals surface area contributed by atoms with Crippen LogP contribution in [0.2, 0.25) is 0 Å². The molecular formula is C21H25N3O2S. The number of nitrogens with zero attached hydrogens (tertiary/aromatic N) is 2. The van der Waals surface area contributed by atoms with Crippen LogP contribution in [0, 0.1) is 15.5 Å². The molecule has 6 heteroatoms. The third kappa shape index (κ3) is 8.00. The molecule has 142 valence electrons. The van der Waals surface area contributed by atoms with Crippen molar-refractivity contribution in [1.29, 1.82) is 5.41 Å². The lowest BCUT2D eigenvalue weighted by Crippen LogP contribution is -1.97. The third-order valence-corrected chi connectivity index (χ3v) is 4.15. The molecule has 1 heterocycles. The Morgan fingerprint density at radius 3 is 2.74 bits per heavy atom. The molecule has 0 saturated carbocycles. The maximum absolute atomic E-state index is 10.5. The van der Waals surface area contributed by atoms with Gasteiger partial charge in [-0.1, -0.05) is 61.5 Å². The van der Waals surface area contributed by atoms with Crippen LogP contribution < -0.4 is 0 Å². The number of rotatable bonds is 7. The topological polar surface area (TPSA) is 79.9 Å². The number of aromatic nitrogens is 1. The summed E-state index contributed by atoms with van der Waals surface area (Å²) in [5, 5.41) is 23.0. The van der Waals surface area contributed by atoms with Gasteiger partial charge in [-0.3, -0.25) is 20.5 Å². The molecule has 0 spiro atoms. The molecule has 0 bridgehead atoms. The molecule has 0 saturated heterocycles.